The van der Waals surface area contributed by atoms with E-state index in [0.29, 0.717) is 0 Å². The standard InChI is InChI=1S/C16H15F2NO4/c1-21-13-9-5-8-12(14(13)23-16(17)18)15(20)19-22-10-11-6-3-2-4-7-11/h2-9,16H,10H2,1H3,(H,19,20). The van der Waals surface area contributed by atoms with Crippen LogP contribution in [-0.4, -0.2) is 19.6 Å². The predicted molar refractivity (Wildman–Crippen MR) is 78.3 cm³/mol. The average Bonchev–Trinajstić information content (AvgIpc) is 2.55. The fourth-order valence-electron chi connectivity index (χ4n) is 1.88. The first kappa shape index (κ1) is 16.7. The largest absolute Gasteiger partial charge is 0.493 e. The molecule has 0 saturated heterocycles. The molecule has 0 aliphatic heterocycles. The Morgan fingerprint density at radius 3 is 2.52 bits per heavy atom. The minimum Gasteiger partial charge on any atom is -0.493 e. The molecule has 0 bridgehead atoms. The van der Waals surface area contributed by atoms with Gasteiger partial charge in [0.2, 0.25) is 0 Å². The average molecular weight is 323 g/mol. The van der Waals surface area contributed by atoms with Crippen molar-refractivity contribution in [3.8, 4) is 11.5 Å². The van der Waals surface area contributed by atoms with Gasteiger partial charge in [-0.2, -0.15) is 8.78 Å². The summed E-state index contributed by atoms with van der Waals surface area (Å²) in [4.78, 5) is 17.2. The molecular formula is C16H15F2NO4. The van der Waals surface area contributed by atoms with Crippen molar-refractivity contribution in [3.05, 3.63) is 59.7 Å². The van der Waals surface area contributed by atoms with Crippen molar-refractivity contribution in [1.82, 2.24) is 5.48 Å². The molecular weight excluding hydrogens is 308 g/mol. The first-order chi connectivity index (χ1) is 11.1. The molecule has 2 rings (SSSR count). The highest BCUT2D eigenvalue weighted by Crippen LogP contribution is 2.32. The fraction of sp³-hybridized carbons (Fsp3) is 0.188. The Labute approximate surface area is 131 Å². The highest BCUT2D eigenvalue weighted by molar-refractivity contribution is 5.97. The van der Waals surface area contributed by atoms with Crippen molar-refractivity contribution in [2.24, 2.45) is 0 Å². The SMILES string of the molecule is COc1cccc(C(=O)NOCc2ccccc2)c1OC(F)F. The summed E-state index contributed by atoms with van der Waals surface area (Å²) < 4.78 is 34.3. The van der Waals surface area contributed by atoms with E-state index in [9.17, 15) is 13.6 Å². The van der Waals surface area contributed by atoms with Gasteiger partial charge in [0.05, 0.1) is 19.3 Å². The Hall–Kier alpha value is -2.67. The predicted octanol–water partition coefficient (Wildman–Crippen LogP) is 3.16. The van der Waals surface area contributed by atoms with Crippen LogP contribution in [0.2, 0.25) is 0 Å². The molecule has 0 radical (unpaired) electrons. The molecule has 0 heterocycles. The lowest BCUT2D eigenvalue weighted by Crippen LogP contribution is -2.24. The molecule has 0 atom stereocenters. The molecule has 122 valence electrons. The Kier molecular flexibility index (Phi) is 5.87. The molecule has 0 aliphatic rings. The maximum absolute atomic E-state index is 12.5. The Balaban J connectivity index is 2.06. The van der Waals surface area contributed by atoms with Crippen LogP contribution < -0.4 is 15.0 Å². The van der Waals surface area contributed by atoms with E-state index in [1.54, 1.807) is 0 Å². The first-order valence-electron chi connectivity index (χ1n) is 6.69. The molecule has 23 heavy (non-hydrogen) atoms. The van der Waals surface area contributed by atoms with Crippen LogP contribution in [0.1, 0.15) is 15.9 Å². The molecule has 0 aliphatic carbocycles. The van der Waals surface area contributed by atoms with Crippen LogP contribution in [-0.2, 0) is 11.4 Å². The number of rotatable bonds is 7. The minimum atomic E-state index is -3.08. The highest BCUT2D eigenvalue weighted by atomic mass is 19.3. The zero-order chi connectivity index (χ0) is 16.7. The van der Waals surface area contributed by atoms with Crippen LogP contribution in [0.4, 0.5) is 8.78 Å². The van der Waals surface area contributed by atoms with Crippen LogP contribution in [0, 0.1) is 0 Å². The van der Waals surface area contributed by atoms with Crippen molar-refractivity contribution >= 4 is 5.91 Å². The monoisotopic (exact) mass is 323 g/mol. The summed E-state index contributed by atoms with van der Waals surface area (Å²) in [7, 11) is 1.29. The number of alkyl halides is 2. The molecule has 0 unspecified atom stereocenters. The maximum Gasteiger partial charge on any atom is 0.387 e. The molecule has 2 aromatic rings. The Bertz CT molecular complexity index is 650. The van der Waals surface area contributed by atoms with E-state index < -0.39 is 12.5 Å². The summed E-state index contributed by atoms with van der Waals surface area (Å²) >= 11 is 0. The van der Waals surface area contributed by atoms with Crippen LogP contribution in [0.25, 0.3) is 0 Å². The summed E-state index contributed by atoms with van der Waals surface area (Å²) in [5, 5.41) is 0. The number of carbonyl (C=O) groups is 1. The van der Waals surface area contributed by atoms with Gasteiger partial charge in [0, 0.05) is 0 Å². The molecule has 5 nitrogen and oxygen atoms in total. The second-order valence-electron chi connectivity index (χ2n) is 4.42. The quantitative estimate of drug-likeness (QED) is 0.795. The van der Waals surface area contributed by atoms with Crippen molar-refractivity contribution < 1.29 is 27.9 Å². The third kappa shape index (κ3) is 4.65. The molecule has 2 aromatic carbocycles. The molecule has 0 fully saturated rings. The van der Waals surface area contributed by atoms with E-state index in [1.807, 2.05) is 30.3 Å². The topological polar surface area (TPSA) is 56.8 Å². The van der Waals surface area contributed by atoms with Gasteiger partial charge in [-0.3, -0.25) is 9.63 Å². The number of ether oxygens (including phenoxy) is 2. The normalized spacial score (nSPS) is 10.4. The van der Waals surface area contributed by atoms with Crippen molar-refractivity contribution in [2.75, 3.05) is 7.11 Å². The van der Waals surface area contributed by atoms with Gasteiger partial charge in [-0.05, 0) is 17.7 Å². The van der Waals surface area contributed by atoms with Crippen LogP contribution in [0.5, 0.6) is 11.5 Å². The molecule has 0 saturated carbocycles. The summed E-state index contributed by atoms with van der Waals surface area (Å²) in [6.45, 7) is -2.94. The summed E-state index contributed by atoms with van der Waals surface area (Å²) in [6.07, 6.45) is 0. The number of halogens is 2. The van der Waals surface area contributed by atoms with Gasteiger partial charge in [-0.25, -0.2) is 5.48 Å². The van der Waals surface area contributed by atoms with Crippen LogP contribution in [0.15, 0.2) is 48.5 Å². The number of hydroxylamine groups is 1. The summed E-state index contributed by atoms with van der Waals surface area (Å²) in [5.41, 5.74) is 2.93. The van der Waals surface area contributed by atoms with Crippen LogP contribution in [0.3, 0.4) is 0 Å². The molecule has 7 heteroatoms. The van der Waals surface area contributed by atoms with E-state index in [0.717, 1.165) is 5.56 Å². The number of nitrogens with one attached hydrogen (secondary N) is 1. The van der Waals surface area contributed by atoms with E-state index >= 15 is 0 Å². The minimum absolute atomic E-state index is 0.0287. The third-order valence-corrected chi connectivity index (χ3v) is 2.90. The number of amides is 1. The van der Waals surface area contributed by atoms with Gasteiger partial charge in [0.25, 0.3) is 5.91 Å². The van der Waals surface area contributed by atoms with E-state index in [-0.39, 0.29) is 23.7 Å². The Morgan fingerprint density at radius 1 is 1.13 bits per heavy atom. The molecule has 0 aromatic heterocycles. The number of para-hydroxylation sites is 1. The summed E-state index contributed by atoms with van der Waals surface area (Å²) in [5.74, 6) is -1.03. The number of benzene rings is 2. The van der Waals surface area contributed by atoms with Crippen molar-refractivity contribution in [1.29, 1.82) is 0 Å². The molecule has 1 N–H and O–H groups in total. The number of carbonyl (C=O) groups excluding carboxylic acids is 1. The van der Waals surface area contributed by atoms with E-state index in [4.69, 9.17) is 9.57 Å². The third-order valence-electron chi connectivity index (χ3n) is 2.90. The second kappa shape index (κ2) is 8.09. The fourth-order valence-corrected chi connectivity index (χ4v) is 1.88. The maximum atomic E-state index is 12.5. The highest BCUT2D eigenvalue weighted by Gasteiger charge is 2.20. The van der Waals surface area contributed by atoms with Crippen molar-refractivity contribution in [2.45, 2.75) is 13.2 Å². The zero-order valence-corrected chi connectivity index (χ0v) is 12.3. The van der Waals surface area contributed by atoms with E-state index in [1.165, 1.54) is 25.3 Å². The first-order valence-corrected chi connectivity index (χ1v) is 6.69. The van der Waals surface area contributed by atoms with Gasteiger partial charge >= 0.3 is 6.61 Å². The van der Waals surface area contributed by atoms with Crippen LogP contribution >= 0.6 is 0 Å². The van der Waals surface area contributed by atoms with Gasteiger partial charge in [-0.15, -0.1) is 0 Å². The summed E-state index contributed by atoms with van der Waals surface area (Å²) in [6, 6.07) is 13.4. The van der Waals surface area contributed by atoms with Gasteiger partial charge in [0.15, 0.2) is 11.5 Å². The second-order valence-corrected chi connectivity index (χ2v) is 4.42. The lowest BCUT2D eigenvalue weighted by molar-refractivity contribution is -0.0518. The zero-order valence-electron chi connectivity index (χ0n) is 12.3. The number of methoxy groups -OCH3 is 1. The molecule has 0 spiro atoms. The van der Waals surface area contributed by atoms with Gasteiger partial charge in [0.1, 0.15) is 0 Å². The lowest BCUT2D eigenvalue weighted by atomic mass is 10.2. The number of hydrogen-bond acceptors (Lipinski definition) is 4. The smallest absolute Gasteiger partial charge is 0.387 e. The number of hydrogen-bond donors (Lipinski definition) is 1. The van der Waals surface area contributed by atoms with Crippen molar-refractivity contribution in [3.63, 3.8) is 0 Å². The van der Waals surface area contributed by atoms with Gasteiger partial charge < -0.3 is 9.47 Å². The molecule has 1 amide bonds. The Morgan fingerprint density at radius 2 is 1.87 bits per heavy atom. The van der Waals surface area contributed by atoms with E-state index in [2.05, 4.69) is 10.2 Å². The van der Waals surface area contributed by atoms with Gasteiger partial charge in [-0.1, -0.05) is 36.4 Å². The lowest BCUT2D eigenvalue weighted by Gasteiger charge is -2.14.